The summed E-state index contributed by atoms with van der Waals surface area (Å²) in [7, 11) is 1.60. The minimum atomic E-state index is -0.797. The molecule has 1 heterocycles. The Morgan fingerprint density at radius 3 is 2.40 bits per heavy atom. The van der Waals surface area contributed by atoms with Crippen LogP contribution in [-0.4, -0.2) is 24.7 Å². The second-order valence-corrected chi connectivity index (χ2v) is 7.93. The summed E-state index contributed by atoms with van der Waals surface area (Å²) in [5.74, 6) is -0.836. The Morgan fingerprint density at radius 1 is 1.03 bits per heavy atom. The van der Waals surface area contributed by atoms with Gasteiger partial charge in [0.15, 0.2) is 5.78 Å². The SMILES string of the molecule is COc1ccc([C@H]2CC(=O)C3=C(C2)NC(=O)C[C@@H]3C(=O)Nc2ccc(Cl)cc2)cc1. The first kappa shape index (κ1) is 20.2. The first-order valence-corrected chi connectivity index (χ1v) is 10.1. The van der Waals surface area contributed by atoms with E-state index in [0.717, 1.165) is 11.3 Å². The van der Waals surface area contributed by atoms with E-state index in [4.69, 9.17) is 16.3 Å². The Hall–Kier alpha value is -3.12. The number of benzene rings is 2. The average Bonchev–Trinajstić information content (AvgIpc) is 2.74. The maximum Gasteiger partial charge on any atom is 0.232 e. The molecule has 4 rings (SSSR count). The number of anilines is 1. The van der Waals surface area contributed by atoms with Gasteiger partial charge in [0, 0.05) is 34.8 Å². The van der Waals surface area contributed by atoms with Crippen LogP contribution in [0.5, 0.6) is 5.75 Å². The van der Waals surface area contributed by atoms with Gasteiger partial charge < -0.3 is 15.4 Å². The zero-order chi connectivity index (χ0) is 21.3. The second-order valence-electron chi connectivity index (χ2n) is 7.49. The topological polar surface area (TPSA) is 84.5 Å². The third-order valence-corrected chi connectivity index (χ3v) is 5.80. The van der Waals surface area contributed by atoms with Crippen molar-refractivity contribution < 1.29 is 19.1 Å². The van der Waals surface area contributed by atoms with Crippen molar-refractivity contribution in [3.05, 3.63) is 70.4 Å². The van der Waals surface area contributed by atoms with Gasteiger partial charge in [0.25, 0.3) is 0 Å². The van der Waals surface area contributed by atoms with Gasteiger partial charge in [-0.05, 0) is 54.3 Å². The Morgan fingerprint density at radius 2 is 1.73 bits per heavy atom. The van der Waals surface area contributed by atoms with Crippen LogP contribution in [0, 0.1) is 5.92 Å². The van der Waals surface area contributed by atoms with E-state index in [1.807, 2.05) is 24.3 Å². The number of carbonyl (C=O) groups excluding carboxylic acids is 3. The molecule has 0 unspecified atom stereocenters. The molecule has 7 heteroatoms. The molecule has 154 valence electrons. The molecule has 30 heavy (non-hydrogen) atoms. The molecule has 0 radical (unpaired) electrons. The van der Waals surface area contributed by atoms with Crippen LogP contribution in [0.1, 0.15) is 30.7 Å². The lowest BCUT2D eigenvalue weighted by Crippen LogP contribution is -2.43. The fourth-order valence-corrected chi connectivity index (χ4v) is 4.18. The molecule has 6 nitrogen and oxygen atoms in total. The van der Waals surface area contributed by atoms with Crippen LogP contribution in [0.2, 0.25) is 5.02 Å². The van der Waals surface area contributed by atoms with Crippen molar-refractivity contribution in [2.45, 2.75) is 25.2 Å². The van der Waals surface area contributed by atoms with Crippen molar-refractivity contribution >= 4 is 34.9 Å². The molecule has 2 aromatic carbocycles. The van der Waals surface area contributed by atoms with Crippen molar-refractivity contribution in [1.29, 1.82) is 0 Å². The molecule has 2 aromatic rings. The lowest BCUT2D eigenvalue weighted by Gasteiger charge is -2.33. The van der Waals surface area contributed by atoms with E-state index in [1.54, 1.807) is 31.4 Å². The minimum absolute atomic E-state index is 0.0444. The van der Waals surface area contributed by atoms with Crippen LogP contribution >= 0.6 is 11.6 Å². The molecule has 0 spiro atoms. The maximum atomic E-state index is 13.0. The Kier molecular flexibility index (Phi) is 5.59. The maximum absolute atomic E-state index is 13.0. The van der Waals surface area contributed by atoms with E-state index in [1.165, 1.54) is 0 Å². The van der Waals surface area contributed by atoms with Gasteiger partial charge in [0.2, 0.25) is 11.8 Å². The highest BCUT2D eigenvalue weighted by Crippen LogP contribution is 2.39. The van der Waals surface area contributed by atoms with Gasteiger partial charge in [-0.2, -0.15) is 0 Å². The van der Waals surface area contributed by atoms with Crippen LogP contribution in [0.3, 0.4) is 0 Å². The van der Waals surface area contributed by atoms with E-state index in [9.17, 15) is 14.4 Å². The molecule has 2 N–H and O–H groups in total. The summed E-state index contributed by atoms with van der Waals surface area (Å²) in [6.07, 6.45) is 0.757. The molecule has 0 aromatic heterocycles. The van der Waals surface area contributed by atoms with Crippen LogP contribution < -0.4 is 15.4 Å². The fraction of sp³-hybridized carbons (Fsp3) is 0.261. The van der Waals surface area contributed by atoms with E-state index in [-0.39, 0.29) is 29.9 Å². The van der Waals surface area contributed by atoms with Crippen molar-refractivity contribution in [3.63, 3.8) is 0 Å². The molecular formula is C23H21ClN2O4. The van der Waals surface area contributed by atoms with Crippen LogP contribution in [-0.2, 0) is 14.4 Å². The summed E-state index contributed by atoms with van der Waals surface area (Å²) >= 11 is 5.88. The highest BCUT2D eigenvalue weighted by Gasteiger charge is 2.40. The smallest absolute Gasteiger partial charge is 0.232 e. The normalized spacial score (nSPS) is 21.0. The van der Waals surface area contributed by atoms with Gasteiger partial charge in [-0.1, -0.05) is 23.7 Å². The second kappa shape index (κ2) is 8.32. The number of methoxy groups -OCH3 is 1. The van der Waals surface area contributed by atoms with Gasteiger partial charge >= 0.3 is 0 Å². The predicted octanol–water partition coefficient (Wildman–Crippen LogP) is 3.82. The highest BCUT2D eigenvalue weighted by molar-refractivity contribution is 6.30. The summed E-state index contributed by atoms with van der Waals surface area (Å²) in [5.41, 5.74) is 2.54. The number of halogens is 1. The van der Waals surface area contributed by atoms with Gasteiger partial charge in [-0.15, -0.1) is 0 Å². The van der Waals surface area contributed by atoms with Crippen molar-refractivity contribution in [1.82, 2.24) is 5.32 Å². The molecule has 2 aliphatic rings. The van der Waals surface area contributed by atoms with Gasteiger partial charge in [0.05, 0.1) is 13.0 Å². The molecule has 0 fully saturated rings. The quantitative estimate of drug-likeness (QED) is 0.781. The Labute approximate surface area is 179 Å². The summed E-state index contributed by atoms with van der Waals surface area (Å²) in [5, 5.41) is 6.17. The van der Waals surface area contributed by atoms with Gasteiger partial charge in [0.1, 0.15) is 5.75 Å². The van der Waals surface area contributed by atoms with E-state index in [0.29, 0.717) is 34.8 Å². The van der Waals surface area contributed by atoms with Crippen molar-refractivity contribution in [2.75, 3.05) is 12.4 Å². The molecule has 1 aliphatic heterocycles. The summed E-state index contributed by atoms with van der Waals surface area (Å²) in [6, 6.07) is 14.3. The Balaban J connectivity index is 1.58. The van der Waals surface area contributed by atoms with E-state index < -0.39 is 5.92 Å². The number of hydrogen-bond donors (Lipinski definition) is 2. The lowest BCUT2D eigenvalue weighted by atomic mass is 9.75. The highest BCUT2D eigenvalue weighted by atomic mass is 35.5. The van der Waals surface area contributed by atoms with Gasteiger partial charge in [-0.25, -0.2) is 0 Å². The van der Waals surface area contributed by atoms with Gasteiger partial charge in [-0.3, -0.25) is 14.4 Å². The molecule has 0 saturated carbocycles. The molecule has 1 aliphatic carbocycles. The number of hydrogen-bond acceptors (Lipinski definition) is 4. The van der Waals surface area contributed by atoms with Crippen LogP contribution in [0.4, 0.5) is 5.69 Å². The molecule has 2 amide bonds. The Bertz CT molecular complexity index is 1030. The fourth-order valence-electron chi connectivity index (χ4n) is 4.06. The van der Waals surface area contributed by atoms with Crippen LogP contribution in [0.15, 0.2) is 59.8 Å². The minimum Gasteiger partial charge on any atom is -0.497 e. The number of carbonyl (C=O) groups is 3. The average molecular weight is 425 g/mol. The summed E-state index contributed by atoms with van der Waals surface area (Å²) in [6.45, 7) is 0. The van der Waals surface area contributed by atoms with Crippen molar-refractivity contribution in [2.24, 2.45) is 5.92 Å². The molecular weight excluding hydrogens is 404 g/mol. The standard InChI is InChI=1S/C23H21ClN2O4/c1-30-17-8-2-13(3-9-17)14-10-19-22(20(27)11-14)18(12-21(28)26-19)23(29)25-16-6-4-15(24)5-7-16/h2-9,14,18H,10-12H2,1H3,(H,25,29)(H,26,28)/t14-,18+/m1/s1. The lowest BCUT2D eigenvalue weighted by molar-refractivity contribution is -0.129. The van der Waals surface area contributed by atoms with Crippen LogP contribution in [0.25, 0.3) is 0 Å². The zero-order valence-electron chi connectivity index (χ0n) is 16.4. The number of rotatable bonds is 4. The summed E-state index contributed by atoms with van der Waals surface area (Å²) < 4.78 is 5.19. The zero-order valence-corrected chi connectivity index (χ0v) is 17.2. The number of allylic oxidation sites excluding steroid dienone is 1. The monoisotopic (exact) mass is 424 g/mol. The number of Topliss-reactive ketones (excluding diaryl/α,β-unsaturated/α-hetero) is 1. The third-order valence-electron chi connectivity index (χ3n) is 5.55. The van der Waals surface area contributed by atoms with Crippen molar-refractivity contribution in [3.8, 4) is 5.75 Å². The first-order valence-electron chi connectivity index (χ1n) is 9.71. The number of nitrogens with one attached hydrogen (secondary N) is 2. The number of ketones is 1. The third kappa shape index (κ3) is 4.09. The molecule has 0 bridgehead atoms. The van der Waals surface area contributed by atoms with E-state index >= 15 is 0 Å². The molecule has 0 saturated heterocycles. The summed E-state index contributed by atoms with van der Waals surface area (Å²) in [4.78, 5) is 38.2. The number of amides is 2. The molecule has 2 atom stereocenters. The van der Waals surface area contributed by atoms with E-state index in [2.05, 4.69) is 10.6 Å². The predicted molar refractivity (Wildman–Crippen MR) is 113 cm³/mol. The largest absolute Gasteiger partial charge is 0.497 e. The number of ether oxygens (including phenoxy) is 1. The first-order chi connectivity index (χ1) is 14.4.